The van der Waals surface area contributed by atoms with Crippen LogP contribution in [0.4, 0.5) is 0 Å². The van der Waals surface area contributed by atoms with E-state index in [1.807, 2.05) is 0 Å². The van der Waals surface area contributed by atoms with E-state index in [-0.39, 0.29) is 0 Å². The lowest BCUT2D eigenvalue weighted by molar-refractivity contribution is 0.728. The zero-order chi connectivity index (χ0) is 5.44. The average Bonchev–Trinajstić information content (AvgIpc) is 2.17. The molecule has 1 aliphatic rings. The van der Waals surface area contributed by atoms with Gasteiger partial charge in [-0.1, -0.05) is 26.1 Å². The molecule has 1 rings (SSSR count). The molecule has 2 atom stereocenters. The smallest absolute Gasteiger partial charge is 0.0000117 e. The van der Waals surface area contributed by atoms with Gasteiger partial charge in [0.25, 0.3) is 0 Å². The molecule has 0 N–H and O–H groups in total. The van der Waals surface area contributed by atoms with Crippen LogP contribution in [0.1, 0.15) is 20.3 Å². The van der Waals surface area contributed by atoms with Crippen molar-refractivity contribution in [3.05, 3.63) is 0 Å². The average molecular weight is 114 g/mol. The summed E-state index contributed by atoms with van der Waals surface area (Å²) in [4.78, 5) is 1.29. The molecule has 0 radical (unpaired) electrons. The molecule has 2 unspecified atom stereocenters. The van der Waals surface area contributed by atoms with Crippen LogP contribution in [-0.4, -0.2) is 4.86 Å². The Morgan fingerprint density at radius 1 is 1.71 bits per heavy atom. The molecule has 7 heavy (non-hydrogen) atoms. The summed E-state index contributed by atoms with van der Waals surface area (Å²) in [6, 6.07) is 0. The molecule has 1 saturated carbocycles. The van der Waals surface area contributed by atoms with E-state index in [2.05, 4.69) is 13.8 Å². The summed E-state index contributed by atoms with van der Waals surface area (Å²) < 4.78 is 0. The molecule has 0 aromatic rings. The second-order valence-electron chi connectivity index (χ2n) is 2.21. The number of rotatable bonds is 1. The van der Waals surface area contributed by atoms with E-state index in [4.69, 9.17) is 12.2 Å². The molecular formula is C6H10S. The maximum Gasteiger partial charge on any atom is -0.0000117 e. The largest absolute Gasteiger partial charge is 0.0890 e. The van der Waals surface area contributed by atoms with Gasteiger partial charge < -0.3 is 0 Å². The Morgan fingerprint density at radius 2 is 2.14 bits per heavy atom. The summed E-state index contributed by atoms with van der Waals surface area (Å²) in [5, 5.41) is 0. The fourth-order valence-corrected chi connectivity index (χ4v) is 1.45. The predicted molar refractivity (Wildman–Crippen MR) is 35.5 cm³/mol. The third kappa shape index (κ3) is 0.697. The fourth-order valence-electron chi connectivity index (χ4n) is 0.987. The highest BCUT2D eigenvalue weighted by atomic mass is 32.1. The summed E-state index contributed by atoms with van der Waals surface area (Å²) >= 11 is 4.99. The van der Waals surface area contributed by atoms with E-state index in [0.29, 0.717) is 0 Å². The Morgan fingerprint density at radius 3 is 2.14 bits per heavy atom. The molecule has 0 aromatic carbocycles. The summed E-state index contributed by atoms with van der Waals surface area (Å²) in [5.74, 6) is 1.56. The van der Waals surface area contributed by atoms with Crippen LogP contribution in [-0.2, 0) is 0 Å². The Hall–Kier alpha value is 0.0900. The second-order valence-corrected chi connectivity index (χ2v) is 2.68. The second kappa shape index (κ2) is 1.55. The van der Waals surface area contributed by atoms with Gasteiger partial charge in [-0.25, -0.2) is 0 Å². The van der Waals surface area contributed by atoms with Gasteiger partial charge in [0.2, 0.25) is 0 Å². The number of thiocarbonyl (C=S) groups is 1. The Balaban J connectivity index is 2.38. The monoisotopic (exact) mass is 114 g/mol. The highest BCUT2D eigenvalue weighted by Crippen LogP contribution is 2.36. The SMILES string of the molecule is CCC1C(=S)C1C. The van der Waals surface area contributed by atoms with Crippen LogP contribution in [0.25, 0.3) is 0 Å². The first-order valence-corrected chi connectivity index (χ1v) is 3.22. The van der Waals surface area contributed by atoms with Crippen LogP contribution in [0.2, 0.25) is 0 Å². The van der Waals surface area contributed by atoms with Gasteiger partial charge in [0.1, 0.15) is 0 Å². The van der Waals surface area contributed by atoms with Crippen molar-refractivity contribution in [1.82, 2.24) is 0 Å². The van der Waals surface area contributed by atoms with Gasteiger partial charge in [0, 0.05) is 0 Å². The van der Waals surface area contributed by atoms with Crippen molar-refractivity contribution in [2.75, 3.05) is 0 Å². The van der Waals surface area contributed by atoms with Gasteiger partial charge in [-0.05, 0) is 23.1 Å². The minimum absolute atomic E-state index is 0.764. The van der Waals surface area contributed by atoms with Crippen LogP contribution >= 0.6 is 12.2 Å². The van der Waals surface area contributed by atoms with Gasteiger partial charge in [-0.3, -0.25) is 0 Å². The van der Waals surface area contributed by atoms with Gasteiger partial charge in [-0.2, -0.15) is 0 Å². The summed E-state index contributed by atoms with van der Waals surface area (Å²) in [6.45, 7) is 4.40. The first kappa shape index (κ1) is 5.23. The Bertz CT molecular complexity index is 96.4. The van der Waals surface area contributed by atoms with Gasteiger partial charge in [0.05, 0.1) is 0 Å². The number of hydrogen-bond donors (Lipinski definition) is 0. The molecule has 0 aliphatic heterocycles. The molecule has 0 bridgehead atoms. The van der Waals surface area contributed by atoms with E-state index < -0.39 is 0 Å². The van der Waals surface area contributed by atoms with Crippen molar-refractivity contribution in [3.63, 3.8) is 0 Å². The lowest BCUT2D eigenvalue weighted by Crippen LogP contribution is -1.69. The van der Waals surface area contributed by atoms with E-state index in [9.17, 15) is 0 Å². The van der Waals surface area contributed by atoms with E-state index in [0.717, 1.165) is 11.8 Å². The summed E-state index contributed by atoms with van der Waals surface area (Å²) in [6.07, 6.45) is 1.25. The third-order valence-electron chi connectivity index (χ3n) is 1.75. The lowest BCUT2D eigenvalue weighted by atomic mass is 10.3. The quantitative estimate of drug-likeness (QED) is 0.470. The van der Waals surface area contributed by atoms with Gasteiger partial charge >= 0.3 is 0 Å². The van der Waals surface area contributed by atoms with Crippen LogP contribution in [0.5, 0.6) is 0 Å². The highest BCUT2D eigenvalue weighted by molar-refractivity contribution is 7.81. The van der Waals surface area contributed by atoms with Gasteiger partial charge in [0.15, 0.2) is 0 Å². The Labute approximate surface area is 49.9 Å². The zero-order valence-corrected chi connectivity index (χ0v) is 5.59. The first-order chi connectivity index (χ1) is 3.27. The Kier molecular flexibility index (Phi) is 1.16. The molecule has 1 fully saturated rings. The summed E-state index contributed by atoms with van der Waals surface area (Å²) in [5.41, 5.74) is 0. The fraction of sp³-hybridized carbons (Fsp3) is 0.833. The summed E-state index contributed by atoms with van der Waals surface area (Å²) in [7, 11) is 0. The van der Waals surface area contributed by atoms with Gasteiger partial charge in [-0.15, -0.1) is 0 Å². The molecule has 0 aromatic heterocycles. The third-order valence-corrected chi connectivity index (χ3v) is 2.42. The van der Waals surface area contributed by atoms with Crippen molar-refractivity contribution in [1.29, 1.82) is 0 Å². The molecule has 1 aliphatic carbocycles. The topological polar surface area (TPSA) is 0 Å². The van der Waals surface area contributed by atoms with Crippen LogP contribution in [0.3, 0.4) is 0 Å². The van der Waals surface area contributed by atoms with Crippen molar-refractivity contribution in [2.45, 2.75) is 20.3 Å². The van der Waals surface area contributed by atoms with Crippen molar-refractivity contribution >= 4 is 17.1 Å². The van der Waals surface area contributed by atoms with Crippen LogP contribution in [0, 0.1) is 11.8 Å². The van der Waals surface area contributed by atoms with E-state index >= 15 is 0 Å². The van der Waals surface area contributed by atoms with Crippen molar-refractivity contribution in [2.24, 2.45) is 11.8 Å². The minimum atomic E-state index is 0.764. The van der Waals surface area contributed by atoms with E-state index in [1.54, 1.807) is 0 Å². The van der Waals surface area contributed by atoms with Crippen molar-refractivity contribution < 1.29 is 0 Å². The molecular weight excluding hydrogens is 104 g/mol. The maximum atomic E-state index is 4.99. The number of hydrogen-bond acceptors (Lipinski definition) is 1. The molecule has 1 heteroatoms. The maximum absolute atomic E-state index is 4.99. The highest BCUT2D eigenvalue weighted by Gasteiger charge is 2.38. The van der Waals surface area contributed by atoms with Crippen LogP contribution in [0.15, 0.2) is 0 Å². The van der Waals surface area contributed by atoms with Crippen molar-refractivity contribution in [3.8, 4) is 0 Å². The predicted octanol–water partition coefficient (Wildman–Crippen LogP) is 2.03. The minimum Gasteiger partial charge on any atom is -0.0890 e. The first-order valence-electron chi connectivity index (χ1n) is 2.81. The molecule has 40 valence electrons. The van der Waals surface area contributed by atoms with E-state index in [1.165, 1.54) is 11.3 Å². The molecule has 0 saturated heterocycles. The standard InChI is InChI=1S/C6H10S/c1-3-5-4(2)6(5)7/h4-5H,3H2,1-2H3. The molecule has 0 nitrogen and oxygen atoms in total. The molecule has 0 heterocycles. The molecule has 0 spiro atoms. The molecule has 0 amide bonds. The van der Waals surface area contributed by atoms with Crippen LogP contribution < -0.4 is 0 Å². The lowest BCUT2D eigenvalue weighted by Gasteiger charge is -1.77. The normalized spacial score (nSPS) is 38.9. The zero-order valence-electron chi connectivity index (χ0n) is 4.77.